The lowest BCUT2D eigenvalue weighted by Crippen LogP contribution is -2.25. The van der Waals surface area contributed by atoms with Crippen molar-refractivity contribution in [2.24, 2.45) is 5.73 Å². The van der Waals surface area contributed by atoms with E-state index in [4.69, 9.17) is 15.6 Å². The maximum Gasteiger partial charge on any atom is 0.0583 e. The van der Waals surface area contributed by atoms with E-state index in [1.54, 1.807) is 0 Å². The molecule has 0 aromatic heterocycles. The molecule has 0 saturated heterocycles. The van der Waals surface area contributed by atoms with Crippen LogP contribution < -0.4 is 5.73 Å². The lowest BCUT2D eigenvalue weighted by Gasteiger charge is -2.08. The van der Waals surface area contributed by atoms with Crippen LogP contribution in [0.1, 0.15) is 18.4 Å². The van der Waals surface area contributed by atoms with Crippen LogP contribution in [0.3, 0.4) is 0 Å². The first-order valence-electron chi connectivity index (χ1n) is 5.81. The van der Waals surface area contributed by atoms with Crippen LogP contribution in [0.25, 0.3) is 0 Å². The summed E-state index contributed by atoms with van der Waals surface area (Å²) in [5, 5.41) is 8.71. The van der Waals surface area contributed by atoms with Crippen molar-refractivity contribution in [2.45, 2.75) is 25.3 Å². The summed E-state index contributed by atoms with van der Waals surface area (Å²) in [5.41, 5.74) is 6.89. The topological polar surface area (TPSA) is 55.5 Å². The third-order valence-electron chi connectivity index (χ3n) is 2.46. The Balaban J connectivity index is 1.96. The number of hydrogen-bond donors (Lipinski definition) is 2. The fourth-order valence-corrected chi connectivity index (χ4v) is 1.45. The van der Waals surface area contributed by atoms with E-state index >= 15 is 0 Å². The second-order valence-electron chi connectivity index (χ2n) is 3.93. The van der Waals surface area contributed by atoms with Crippen molar-refractivity contribution in [2.75, 3.05) is 19.8 Å². The molecule has 0 saturated carbocycles. The molecule has 1 rings (SSSR count). The quantitative estimate of drug-likeness (QED) is 0.654. The minimum Gasteiger partial charge on any atom is -0.395 e. The number of rotatable bonds is 8. The van der Waals surface area contributed by atoms with Crippen LogP contribution in [0.15, 0.2) is 30.3 Å². The van der Waals surface area contributed by atoms with E-state index < -0.39 is 0 Å². The average Bonchev–Trinajstić information content (AvgIpc) is 2.34. The Morgan fingerprint density at radius 1 is 1.19 bits per heavy atom. The van der Waals surface area contributed by atoms with Gasteiger partial charge in [0, 0.05) is 19.3 Å². The number of nitrogens with two attached hydrogens (primary N) is 1. The van der Waals surface area contributed by atoms with Crippen molar-refractivity contribution in [3.63, 3.8) is 0 Å². The molecule has 0 radical (unpaired) electrons. The Bertz CT molecular complexity index is 264. The standard InChI is InChI=1S/C13H21NO2/c14-13(11-15)8-10-16-9-4-7-12-5-2-1-3-6-12/h1-3,5-6,13,15H,4,7-11,14H2. The summed E-state index contributed by atoms with van der Waals surface area (Å²) < 4.78 is 5.44. The first-order valence-corrected chi connectivity index (χ1v) is 5.81. The van der Waals surface area contributed by atoms with Crippen LogP contribution in [0.2, 0.25) is 0 Å². The van der Waals surface area contributed by atoms with Gasteiger partial charge in [0.05, 0.1) is 6.61 Å². The van der Waals surface area contributed by atoms with Crippen molar-refractivity contribution in [1.29, 1.82) is 0 Å². The number of hydrogen-bond acceptors (Lipinski definition) is 3. The van der Waals surface area contributed by atoms with Crippen LogP contribution in [-0.2, 0) is 11.2 Å². The van der Waals surface area contributed by atoms with Gasteiger partial charge in [-0.15, -0.1) is 0 Å². The van der Waals surface area contributed by atoms with Crippen LogP contribution in [-0.4, -0.2) is 31.0 Å². The SMILES string of the molecule is NC(CO)CCOCCCc1ccccc1. The normalized spacial score (nSPS) is 12.6. The van der Waals surface area contributed by atoms with Gasteiger partial charge in [0.25, 0.3) is 0 Å². The van der Waals surface area contributed by atoms with E-state index in [9.17, 15) is 0 Å². The molecule has 3 nitrogen and oxygen atoms in total. The van der Waals surface area contributed by atoms with Crippen LogP contribution in [0.4, 0.5) is 0 Å². The zero-order valence-corrected chi connectivity index (χ0v) is 9.64. The minimum atomic E-state index is -0.144. The molecule has 0 amide bonds. The number of ether oxygens (including phenoxy) is 1. The minimum absolute atomic E-state index is 0.0351. The number of aryl methyl sites for hydroxylation is 1. The van der Waals surface area contributed by atoms with Gasteiger partial charge in [-0.2, -0.15) is 0 Å². The monoisotopic (exact) mass is 223 g/mol. The van der Waals surface area contributed by atoms with Crippen molar-refractivity contribution < 1.29 is 9.84 Å². The second-order valence-corrected chi connectivity index (χ2v) is 3.93. The molecule has 0 fully saturated rings. The number of aliphatic hydroxyl groups is 1. The summed E-state index contributed by atoms with van der Waals surface area (Å²) in [5.74, 6) is 0. The van der Waals surface area contributed by atoms with Crippen molar-refractivity contribution in [3.8, 4) is 0 Å². The molecule has 90 valence electrons. The van der Waals surface area contributed by atoms with E-state index in [-0.39, 0.29) is 12.6 Å². The molecule has 1 aromatic carbocycles. The zero-order chi connectivity index (χ0) is 11.6. The molecule has 0 bridgehead atoms. The van der Waals surface area contributed by atoms with Gasteiger partial charge < -0.3 is 15.6 Å². The first kappa shape index (κ1) is 13.2. The first-order chi connectivity index (χ1) is 7.83. The fourth-order valence-electron chi connectivity index (χ4n) is 1.45. The predicted octanol–water partition coefficient (Wildman–Crippen LogP) is 1.35. The largest absolute Gasteiger partial charge is 0.395 e. The molecule has 1 atom stereocenters. The van der Waals surface area contributed by atoms with Crippen molar-refractivity contribution >= 4 is 0 Å². The van der Waals surface area contributed by atoms with Gasteiger partial charge >= 0.3 is 0 Å². The molecule has 0 heterocycles. The van der Waals surface area contributed by atoms with Crippen molar-refractivity contribution in [3.05, 3.63) is 35.9 Å². The highest BCUT2D eigenvalue weighted by Gasteiger charge is 1.99. The second kappa shape index (κ2) is 8.28. The maximum atomic E-state index is 8.71. The van der Waals surface area contributed by atoms with E-state index in [1.165, 1.54) is 5.56 Å². The summed E-state index contributed by atoms with van der Waals surface area (Å²) in [6.07, 6.45) is 2.80. The Morgan fingerprint density at radius 3 is 2.62 bits per heavy atom. The molecule has 0 aliphatic carbocycles. The third-order valence-corrected chi connectivity index (χ3v) is 2.46. The molecule has 3 heteroatoms. The summed E-state index contributed by atoms with van der Waals surface area (Å²) in [7, 11) is 0. The highest BCUT2D eigenvalue weighted by atomic mass is 16.5. The van der Waals surface area contributed by atoms with Gasteiger partial charge in [-0.25, -0.2) is 0 Å². The van der Waals surface area contributed by atoms with Gasteiger partial charge in [0.15, 0.2) is 0 Å². The number of benzene rings is 1. The van der Waals surface area contributed by atoms with Gasteiger partial charge in [-0.3, -0.25) is 0 Å². The number of aliphatic hydroxyl groups excluding tert-OH is 1. The Hall–Kier alpha value is -0.900. The van der Waals surface area contributed by atoms with Gasteiger partial charge in [0.2, 0.25) is 0 Å². The summed E-state index contributed by atoms with van der Waals surface area (Å²) in [6, 6.07) is 10.2. The van der Waals surface area contributed by atoms with E-state index in [1.807, 2.05) is 6.07 Å². The molecule has 0 spiro atoms. The maximum absolute atomic E-state index is 8.71. The Labute approximate surface area is 97.2 Å². The van der Waals surface area contributed by atoms with Crippen LogP contribution in [0, 0.1) is 0 Å². The van der Waals surface area contributed by atoms with Gasteiger partial charge in [0.1, 0.15) is 0 Å². The highest BCUT2D eigenvalue weighted by molar-refractivity contribution is 5.14. The predicted molar refractivity (Wildman–Crippen MR) is 65.3 cm³/mol. The lowest BCUT2D eigenvalue weighted by molar-refractivity contribution is 0.117. The van der Waals surface area contributed by atoms with Crippen LogP contribution in [0.5, 0.6) is 0 Å². The summed E-state index contributed by atoms with van der Waals surface area (Å²) in [6.45, 7) is 1.43. The smallest absolute Gasteiger partial charge is 0.0583 e. The third kappa shape index (κ3) is 5.85. The van der Waals surface area contributed by atoms with Crippen molar-refractivity contribution in [1.82, 2.24) is 0 Å². The molecule has 0 aliphatic rings. The van der Waals surface area contributed by atoms with E-state index in [2.05, 4.69) is 24.3 Å². The van der Waals surface area contributed by atoms with E-state index in [0.717, 1.165) is 25.9 Å². The van der Waals surface area contributed by atoms with Crippen LogP contribution >= 0.6 is 0 Å². The molecule has 3 N–H and O–H groups in total. The summed E-state index contributed by atoms with van der Waals surface area (Å²) >= 11 is 0. The molecular formula is C13H21NO2. The molecule has 1 unspecified atom stereocenters. The zero-order valence-electron chi connectivity index (χ0n) is 9.64. The molecular weight excluding hydrogens is 202 g/mol. The Morgan fingerprint density at radius 2 is 1.94 bits per heavy atom. The highest BCUT2D eigenvalue weighted by Crippen LogP contribution is 2.02. The average molecular weight is 223 g/mol. The molecule has 0 aliphatic heterocycles. The van der Waals surface area contributed by atoms with Gasteiger partial charge in [-0.1, -0.05) is 30.3 Å². The lowest BCUT2D eigenvalue weighted by atomic mass is 10.1. The van der Waals surface area contributed by atoms with E-state index in [0.29, 0.717) is 6.61 Å². The Kier molecular flexibility index (Phi) is 6.81. The van der Waals surface area contributed by atoms with Gasteiger partial charge in [-0.05, 0) is 24.8 Å². The molecule has 1 aromatic rings. The molecule has 16 heavy (non-hydrogen) atoms. The summed E-state index contributed by atoms with van der Waals surface area (Å²) in [4.78, 5) is 0. The fraction of sp³-hybridized carbons (Fsp3) is 0.538.